The highest BCUT2D eigenvalue weighted by Gasteiger charge is 2.11. The normalized spacial score (nSPS) is 11.4. The molecule has 7 heteroatoms. The van der Waals surface area contributed by atoms with E-state index in [1.165, 1.54) is 0 Å². The fourth-order valence-electron chi connectivity index (χ4n) is 2.67. The summed E-state index contributed by atoms with van der Waals surface area (Å²) < 4.78 is 25.3. The van der Waals surface area contributed by atoms with Crippen LogP contribution in [0.4, 0.5) is 11.4 Å². The van der Waals surface area contributed by atoms with Gasteiger partial charge in [-0.15, -0.1) is 0 Å². The molecule has 1 aromatic heterocycles. The quantitative estimate of drug-likeness (QED) is 0.655. The van der Waals surface area contributed by atoms with E-state index in [-0.39, 0.29) is 12.3 Å². The molecule has 0 saturated heterocycles. The first kappa shape index (κ1) is 17.0. The number of rotatable bonds is 5. The maximum Gasteiger partial charge on any atom is 0.229 e. The summed E-state index contributed by atoms with van der Waals surface area (Å²) in [5.41, 5.74) is 3.67. The highest BCUT2D eigenvalue weighted by molar-refractivity contribution is 7.92. The molecule has 3 aromatic rings. The predicted octanol–water partition coefficient (Wildman–Crippen LogP) is 3.03. The third-order valence-corrected chi connectivity index (χ3v) is 4.43. The minimum absolute atomic E-state index is 0.168. The number of hydrogen-bond donors (Lipinski definition) is 3. The molecule has 0 bridgehead atoms. The van der Waals surface area contributed by atoms with Gasteiger partial charge in [0.2, 0.25) is 15.9 Å². The van der Waals surface area contributed by atoms with Crippen molar-refractivity contribution in [2.75, 3.05) is 16.3 Å². The number of sulfonamides is 1. The van der Waals surface area contributed by atoms with Gasteiger partial charge in [-0.1, -0.05) is 24.3 Å². The number of aromatic amines is 1. The predicted molar refractivity (Wildman–Crippen MR) is 100 cm³/mol. The first-order valence-corrected chi connectivity index (χ1v) is 9.64. The molecule has 0 fully saturated rings. The molecule has 0 unspecified atom stereocenters. The zero-order chi connectivity index (χ0) is 18.0. The Morgan fingerprint density at radius 3 is 2.68 bits per heavy atom. The minimum atomic E-state index is -3.38. The van der Waals surface area contributed by atoms with Crippen molar-refractivity contribution in [3.8, 4) is 0 Å². The molecule has 0 aliphatic carbocycles. The number of carbonyl (C=O) groups excluding carboxylic acids is 1. The number of aryl methyl sites for hydroxylation is 1. The number of benzene rings is 2. The second kappa shape index (κ2) is 6.60. The van der Waals surface area contributed by atoms with Crippen LogP contribution in [-0.2, 0) is 21.2 Å². The number of amides is 1. The van der Waals surface area contributed by atoms with Crippen LogP contribution in [0.15, 0.2) is 48.7 Å². The number of anilines is 2. The first-order chi connectivity index (χ1) is 11.8. The van der Waals surface area contributed by atoms with Crippen LogP contribution >= 0.6 is 0 Å². The summed E-state index contributed by atoms with van der Waals surface area (Å²) in [4.78, 5) is 15.5. The van der Waals surface area contributed by atoms with Crippen LogP contribution in [0.1, 0.15) is 11.1 Å². The number of aromatic nitrogens is 1. The van der Waals surface area contributed by atoms with E-state index < -0.39 is 10.0 Å². The van der Waals surface area contributed by atoms with Crippen LogP contribution in [0.2, 0.25) is 0 Å². The molecular weight excluding hydrogens is 338 g/mol. The lowest BCUT2D eigenvalue weighted by molar-refractivity contribution is -0.115. The number of hydrogen-bond acceptors (Lipinski definition) is 3. The maximum atomic E-state index is 12.3. The third kappa shape index (κ3) is 4.19. The number of nitrogens with one attached hydrogen (secondary N) is 3. The summed E-state index contributed by atoms with van der Waals surface area (Å²) in [7, 11) is -3.38. The molecule has 6 nitrogen and oxygen atoms in total. The monoisotopic (exact) mass is 357 g/mol. The van der Waals surface area contributed by atoms with Crippen molar-refractivity contribution in [1.82, 2.24) is 4.98 Å². The van der Waals surface area contributed by atoms with E-state index in [1.807, 2.05) is 30.5 Å². The second-order valence-electron chi connectivity index (χ2n) is 5.99. The Balaban J connectivity index is 1.76. The van der Waals surface area contributed by atoms with Crippen LogP contribution in [-0.4, -0.2) is 25.6 Å². The standard InChI is InChI=1S/C18H19N3O3S/c1-12-7-8-14(10-17(12)21-25(2,23)24)20-18(22)9-13-11-19-16-6-4-3-5-15(13)16/h3-8,10-11,19,21H,9H2,1-2H3,(H,20,22). The van der Waals surface area contributed by atoms with Gasteiger partial charge < -0.3 is 10.3 Å². The smallest absolute Gasteiger partial charge is 0.229 e. The van der Waals surface area contributed by atoms with Gasteiger partial charge in [0, 0.05) is 22.8 Å². The highest BCUT2D eigenvalue weighted by atomic mass is 32.2. The van der Waals surface area contributed by atoms with E-state index in [0.717, 1.165) is 28.3 Å². The van der Waals surface area contributed by atoms with Crippen LogP contribution in [0.25, 0.3) is 10.9 Å². The molecule has 130 valence electrons. The molecule has 0 spiro atoms. The largest absolute Gasteiger partial charge is 0.361 e. The second-order valence-corrected chi connectivity index (χ2v) is 7.74. The lowest BCUT2D eigenvalue weighted by Crippen LogP contribution is -2.15. The van der Waals surface area contributed by atoms with Crippen molar-refractivity contribution in [2.45, 2.75) is 13.3 Å². The van der Waals surface area contributed by atoms with Crippen LogP contribution in [0.3, 0.4) is 0 Å². The fraction of sp³-hybridized carbons (Fsp3) is 0.167. The first-order valence-electron chi connectivity index (χ1n) is 7.75. The molecule has 3 rings (SSSR count). The number of fused-ring (bicyclic) bond motifs is 1. The zero-order valence-electron chi connectivity index (χ0n) is 14.0. The summed E-state index contributed by atoms with van der Waals surface area (Å²) >= 11 is 0. The summed E-state index contributed by atoms with van der Waals surface area (Å²) in [6, 6.07) is 12.9. The Morgan fingerprint density at radius 1 is 1.16 bits per heavy atom. The van der Waals surface area contributed by atoms with Gasteiger partial charge in [-0.05, 0) is 36.2 Å². The number of H-pyrrole nitrogens is 1. The molecule has 3 N–H and O–H groups in total. The lowest BCUT2D eigenvalue weighted by atomic mass is 10.1. The van der Waals surface area contributed by atoms with Gasteiger partial charge >= 0.3 is 0 Å². The molecule has 0 atom stereocenters. The maximum absolute atomic E-state index is 12.3. The molecule has 0 aliphatic rings. The van der Waals surface area contributed by atoms with Gasteiger partial charge in [-0.2, -0.15) is 0 Å². The van der Waals surface area contributed by atoms with E-state index >= 15 is 0 Å². The van der Waals surface area contributed by atoms with Gasteiger partial charge in [0.25, 0.3) is 0 Å². The Hall–Kier alpha value is -2.80. The number of para-hydroxylation sites is 1. The minimum Gasteiger partial charge on any atom is -0.361 e. The van der Waals surface area contributed by atoms with Crippen LogP contribution < -0.4 is 10.0 Å². The van der Waals surface area contributed by atoms with E-state index in [9.17, 15) is 13.2 Å². The van der Waals surface area contributed by atoms with E-state index in [4.69, 9.17) is 0 Å². The SMILES string of the molecule is Cc1ccc(NC(=O)Cc2c[nH]c3ccccc23)cc1NS(C)(=O)=O. The van der Waals surface area contributed by atoms with Gasteiger partial charge in [0.15, 0.2) is 0 Å². The number of carbonyl (C=O) groups is 1. The van der Waals surface area contributed by atoms with E-state index in [0.29, 0.717) is 11.4 Å². The lowest BCUT2D eigenvalue weighted by Gasteiger charge is -2.11. The Bertz CT molecular complexity index is 1040. The average molecular weight is 357 g/mol. The molecule has 2 aromatic carbocycles. The van der Waals surface area contributed by atoms with Gasteiger partial charge in [-0.3, -0.25) is 9.52 Å². The fourth-order valence-corrected chi connectivity index (χ4v) is 3.28. The van der Waals surface area contributed by atoms with Crippen molar-refractivity contribution in [3.63, 3.8) is 0 Å². The van der Waals surface area contributed by atoms with Gasteiger partial charge in [-0.25, -0.2) is 8.42 Å². The molecule has 0 aliphatic heterocycles. The summed E-state index contributed by atoms with van der Waals surface area (Å²) in [6.45, 7) is 1.80. The van der Waals surface area contributed by atoms with Crippen molar-refractivity contribution in [3.05, 3.63) is 59.8 Å². The van der Waals surface area contributed by atoms with E-state index in [1.54, 1.807) is 25.1 Å². The topological polar surface area (TPSA) is 91.1 Å². The summed E-state index contributed by atoms with van der Waals surface area (Å²) in [6.07, 6.45) is 3.15. The zero-order valence-corrected chi connectivity index (χ0v) is 14.8. The molecule has 1 amide bonds. The van der Waals surface area contributed by atoms with Gasteiger partial charge in [0.1, 0.15) is 0 Å². The molecule has 25 heavy (non-hydrogen) atoms. The Labute approximate surface area is 146 Å². The van der Waals surface area contributed by atoms with Crippen molar-refractivity contribution in [1.29, 1.82) is 0 Å². The molecular formula is C18H19N3O3S. The van der Waals surface area contributed by atoms with Gasteiger partial charge in [0.05, 0.1) is 18.4 Å². The van der Waals surface area contributed by atoms with E-state index in [2.05, 4.69) is 15.0 Å². The van der Waals surface area contributed by atoms with Crippen molar-refractivity contribution < 1.29 is 13.2 Å². The molecule has 1 heterocycles. The summed E-state index contributed by atoms with van der Waals surface area (Å²) in [5, 5.41) is 3.83. The Morgan fingerprint density at radius 2 is 1.92 bits per heavy atom. The highest BCUT2D eigenvalue weighted by Crippen LogP contribution is 2.22. The Kier molecular flexibility index (Phi) is 4.50. The molecule has 0 radical (unpaired) electrons. The van der Waals surface area contributed by atoms with Crippen LogP contribution in [0.5, 0.6) is 0 Å². The van der Waals surface area contributed by atoms with Crippen LogP contribution in [0, 0.1) is 6.92 Å². The summed E-state index contributed by atoms with van der Waals surface area (Å²) in [5.74, 6) is -0.168. The van der Waals surface area contributed by atoms with Crippen molar-refractivity contribution in [2.24, 2.45) is 0 Å². The molecule has 0 saturated carbocycles. The third-order valence-electron chi connectivity index (χ3n) is 3.84. The van der Waals surface area contributed by atoms with Crippen molar-refractivity contribution >= 4 is 38.2 Å². The average Bonchev–Trinajstić information content (AvgIpc) is 2.92.